The number of hydrogen-bond acceptors (Lipinski definition) is 4. The monoisotopic (exact) mass is 297 g/mol. The Labute approximate surface area is 129 Å². The van der Waals surface area contributed by atoms with Gasteiger partial charge in [0.15, 0.2) is 5.17 Å². The van der Waals surface area contributed by atoms with Crippen molar-refractivity contribution in [3.8, 4) is 0 Å². The number of aliphatic imine (C=N–C) groups is 1. The third-order valence-electron chi connectivity index (χ3n) is 4.36. The standard InChI is InChI=1S/C16H31N3S/c1-5-9-19-10-6-13(7-11-19)17-15-18-14(8-12-20-15)16(2,3)4/h13-14H,5-12H2,1-4H3,(H,17,18). The molecule has 1 atom stereocenters. The van der Waals surface area contributed by atoms with Gasteiger partial charge in [0.25, 0.3) is 0 Å². The molecule has 1 saturated heterocycles. The van der Waals surface area contributed by atoms with Crippen LogP contribution in [0.4, 0.5) is 0 Å². The molecule has 1 fully saturated rings. The second kappa shape index (κ2) is 7.17. The van der Waals surface area contributed by atoms with Crippen molar-refractivity contribution in [2.45, 2.75) is 65.5 Å². The van der Waals surface area contributed by atoms with Crippen molar-refractivity contribution < 1.29 is 0 Å². The third-order valence-corrected chi connectivity index (χ3v) is 5.29. The van der Waals surface area contributed by atoms with Gasteiger partial charge in [-0.1, -0.05) is 39.5 Å². The van der Waals surface area contributed by atoms with Crippen LogP contribution in [0.5, 0.6) is 0 Å². The van der Waals surface area contributed by atoms with E-state index in [1.165, 1.54) is 56.2 Å². The summed E-state index contributed by atoms with van der Waals surface area (Å²) in [5.41, 5.74) is 0.290. The van der Waals surface area contributed by atoms with Crippen molar-refractivity contribution in [3.63, 3.8) is 0 Å². The molecule has 2 aliphatic heterocycles. The average molecular weight is 298 g/mol. The number of thioether (sulfide) groups is 1. The van der Waals surface area contributed by atoms with E-state index in [-0.39, 0.29) is 0 Å². The fourth-order valence-corrected chi connectivity index (χ4v) is 3.99. The van der Waals surface area contributed by atoms with E-state index in [1.807, 2.05) is 11.8 Å². The lowest BCUT2D eigenvalue weighted by Crippen LogP contribution is -2.45. The Morgan fingerprint density at radius 1 is 1.25 bits per heavy atom. The van der Waals surface area contributed by atoms with E-state index in [0.717, 1.165) is 0 Å². The number of nitrogens with one attached hydrogen (secondary N) is 1. The maximum absolute atomic E-state index is 4.96. The van der Waals surface area contributed by atoms with Crippen LogP contribution in [0.2, 0.25) is 0 Å². The molecule has 0 saturated carbocycles. The Morgan fingerprint density at radius 2 is 1.95 bits per heavy atom. The van der Waals surface area contributed by atoms with Crippen molar-refractivity contribution in [3.05, 3.63) is 0 Å². The summed E-state index contributed by atoms with van der Waals surface area (Å²) in [6.07, 6.45) is 5.02. The van der Waals surface area contributed by atoms with Gasteiger partial charge >= 0.3 is 0 Å². The number of nitrogens with zero attached hydrogens (tertiary/aromatic N) is 2. The molecule has 2 aliphatic rings. The minimum atomic E-state index is 0.290. The first-order valence-corrected chi connectivity index (χ1v) is 9.17. The highest BCUT2D eigenvalue weighted by molar-refractivity contribution is 8.13. The van der Waals surface area contributed by atoms with E-state index in [1.54, 1.807) is 0 Å². The molecule has 2 rings (SSSR count). The zero-order valence-corrected chi connectivity index (χ0v) is 14.4. The molecule has 2 heterocycles. The SMILES string of the molecule is CCCN1CCC(NC2=NC(C(C)(C)C)CCS2)CC1. The topological polar surface area (TPSA) is 27.6 Å². The second-order valence-electron chi connectivity index (χ2n) is 7.21. The van der Waals surface area contributed by atoms with Crippen molar-refractivity contribution in [2.75, 3.05) is 25.4 Å². The molecule has 1 N–H and O–H groups in total. The van der Waals surface area contributed by atoms with Gasteiger partial charge in [0.1, 0.15) is 0 Å². The fraction of sp³-hybridized carbons (Fsp3) is 0.938. The van der Waals surface area contributed by atoms with E-state index in [4.69, 9.17) is 4.99 Å². The first-order valence-electron chi connectivity index (χ1n) is 8.18. The number of hydrogen-bond donors (Lipinski definition) is 1. The summed E-state index contributed by atoms with van der Waals surface area (Å²) in [5, 5.41) is 4.91. The molecule has 0 aliphatic carbocycles. The van der Waals surface area contributed by atoms with Crippen LogP contribution < -0.4 is 5.32 Å². The van der Waals surface area contributed by atoms with E-state index in [2.05, 4.69) is 37.9 Å². The van der Waals surface area contributed by atoms with Gasteiger partial charge in [-0.3, -0.25) is 4.99 Å². The molecular weight excluding hydrogens is 266 g/mol. The highest BCUT2D eigenvalue weighted by Gasteiger charge is 2.28. The zero-order valence-electron chi connectivity index (χ0n) is 13.6. The predicted octanol–water partition coefficient (Wildman–Crippen LogP) is 3.36. The Hall–Kier alpha value is -0.220. The molecule has 1 unspecified atom stereocenters. The van der Waals surface area contributed by atoms with Gasteiger partial charge in [0.2, 0.25) is 0 Å². The molecule has 0 radical (unpaired) electrons. The fourth-order valence-electron chi connectivity index (χ4n) is 3.01. The number of rotatable bonds is 3. The number of piperidine rings is 1. The van der Waals surface area contributed by atoms with Gasteiger partial charge in [0, 0.05) is 24.9 Å². The van der Waals surface area contributed by atoms with Crippen LogP contribution in [0.1, 0.15) is 53.4 Å². The summed E-state index contributed by atoms with van der Waals surface area (Å²) in [6, 6.07) is 1.11. The van der Waals surface area contributed by atoms with Crippen LogP contribution in [-0.4, -0.2) is 47.5 Å². The molecule has 4 heteroatoms. The lowest BCUT2D eigenvalue weighted by atomic mass is 9.85. The highest BCUT2D eigenvalue weighted by atomic mass is 32.2. The summed E-state index contributed by atoms with van der Waals surface area (Å²) < 4.78 is 0. The number of likely N-dealkylation sites (tertiary alicyclic amines) is 1. The van der Waals surface area contributed by atoms with Gasteiger partial charge in [0.05, 0.1) is 6.04 Å². The van der Waals surface area contributed by atoms with Crippen molar-refractivity contribution >= 4 is 16.9 Å². The Morgan fingerprint density at radius 3 is 2.55 bits per heavy atom. The summed E-state index contributed by atoms with van der Waals surface area (Å²) in [7, 11) is 0. The van der Waals surface area contributed by atoms with Crippen LogP contribution in [-0.2, 0) is 0 Å². The third kappa shape index (κ3) is 4.66. The Bertz CT molecular complexity index is 327. The van der Waals surface area contributed by atoms with E-state index in [0.29, 0.717) is 17.5 Å². The number of amidine groups is 1. The smallest absolute Gasteiger partial charge is 0.157 e. The summed E-state index contributed by atoms with van der Waals surface area (Å²) in [6.45, 7) is 12.9. The summed E-state index contributed by atoms with van der Waals surface area (Å²) >= 11 is 1.91. The van der Waals surface area contributed by atoms with E-state index in [9.17, 15) is 0 Å². The minimum Gasteiger partial charge on any atom is -0.362 e. The van der Waals surface area contributed by atoms with Crippen molar-refractivity contribution in [2.24, 2.45) is 10.4 Å². The molecule has 0 bridgehead atoms. The minimum absolute atomic E-state index is 0.290. The molecule has 0 aromatic rings. The molecule has 116 valence electrons. The first-order chi connectivity index (χ1) is 9.49. The molecule has 0 amide bonds. The molecule has 20 heavy (non-hydrogen) atoms. The average Bonchev–Trinajstić information content (AvgIpc) is 2.41. The summed E-state index contributed by atoms with van der Waals surface area (Å²) in [5.74, 6) is 1.21. The van der Waals surface area contributed by atoms with Crippen LogP contribution >= 0.6 is 11.8 Å². The van der Waals surface area contributed by atoms with Gasteiger partial charge in [-0.15, -0.1) is 0 Å². The predicted molar refractivity (Wildman–Crippen MR) is 90.6 cm³/mol. The van der Waals surface area contributed by atoms with Gasteiger partial charge in [-0.25, -0.2) is 0 Å². The van der Waals surface area contributed by atoms with Gasteiger partial charge in [-0.2, -0.15) is 0 Å². The van der Waals surface area contributed by atoms with Crippen molar-refractivity contribution in [1.29, 1.82) is 0 Å². The van der Waals surface area contributed by atoms with Crippen molar-refractivity contribution in [1.82, 2.24) is 10.2 Å². The molecule has 0 aromatic heterocycles. The maximum Gasteiger partial charge on any atom is 0.157 e. The van der Waals surface area contributed by atoms with Crippen LogP contribution in [0.3, 0.4) is 0 Å². The first kappa shape index (κ1) is 16.2. The molecular formula is C16H31N3S. The molecule has 0 aromatic carbocycles. The zero-order chi connectivity index (χ0) is 14.6. The van der Waals surface area contributed by atoms with Crippen LogP contribution in [0.25, 0.3) is 0 Å². The van der Waals surface area contributed by atoms with Gasteiger partial charge < -0.3 is 10.2 Å². The highest BCUT2D eigenvalue weighted by Crippen LogP contribution is 2.30. The molecule has 0 spiro atoms. The van der Waals surface area contributed by atoms with E-state index >= 15 is 0 Å². The maximum atomic E-state index is 4.96. The van der Waals surface area contributed by atoms with Gasteiger partial charge in [-0.05, 0) is 37.6 Å². The lowest BCUT2D eigenvalue weighted by molar-refractivity contribution is 0.207. The van der Waals surface area contributed by atoms with E-state index < -0.39 is 0 Å². The largest absolute Gasteiger partial charge is 0.362 e. The Kier molecular flexibility index (Phi) is 5.79. The summed E-state index contributed by atoms with van der Waals surface area (Å²) in [4.78, 5) is 7.55. The van der Waals surface area contributed by atoms with Crippen LogP contribution in [0, 0.1) is 5.41 Å². The normalized spacial score (nSPS) is 26.4. The van der Waals surface area contributed by atoms with Crippen LogP contribution in [0.15, 0.2) is 4.99 Å². The molecule has 3 nitrogen and oxygen atoms in total. The second-order valence-corrected chi connectivity index (χ2v) is 8.30. The Balaban J connectivity index is 1.83. The lowest BCUT2D eigenvalue weighted by Gasteiger charge is -2.35. The quantitative estimate of drug-likeness (QED) is 0.865.